The molecule has 9 nitrogen and oxygen atoms in total. The van der Waals surface area contributed by atoms with Crippen molar-refractivity contribution in [1.29, 1.82) is 0 Å². The molecule has 2 atom stereocenters. The fourth-order valence-corrected chi connectivity index (χ4v) is 4.70. The normalized spacial score (nSPS) is 23.4. The topological polar surface area (TPSA) is 102 Å². The average molecular weight is 409 g/mol. The summed E-state index contributed by atoms with van der Waals surface area (Å²) < 4.78 is 7.40. The first-order valence-electron chi connectivity index (χ1n) is 10.6. The fraction of sp³-hybridized carbons (Fsp3) is 0.571. The van der Waals surface area contributed by atoms with Crippen LogP contribution < -0.4 is 5.56 Å². The zero-order valence-corrected chi connectivity index (χ0v) is 17.4. The molecule has 0 bridgehead atoms. The predicted octanol–water partition coefficient (Wildman–Crippen LogP) is 1.81. The number of fused-ring (bicyclic) bond motifs is 1. The molecule has 2 aliphatic heterocycles. The lowest BCUT2D eigenvalue weighted by Crippen LogP contribution is -2.23. The molecule has 5 rings (SSSR count). The summed E-state index contributed by atoms with van der Waals surface area (Å²) in [4.78, 5) is 31.8. The van der Waals surface area contributed by atoms with Crippen LogP contribution in [-0.4, -0.2) is 60.9 Å². The molecule has 0 amide bonds. The number of likely N-dealkylation sites (tertiary alicyclic amines) is 1. The minimum absolute atomic E-state index is 0.106. The van der Waals surface area contributed by atoms with Gasteiger partial charge in [-0.15, -0.1) is 0 Å². The van der Waals surface area contributed by atoms with Gasteiger partial charge in [0.2, 0.25) is 0 Å². The smallest absolute Gasteiger partial charge is 0.262 e. The zero-order valence-electron chi connectivity index (χ0n) is 17.4. The Balaban J connectivity index is 1.42. The van der Waals surface area contributed by atoms with Gasteiger partial charge >= 0.3 is 0 Å². The number of hydrogen-bond donors (Lipinski definition) is 1. The van der Waals surface area contributed by atoms with Crippen LogP contribution >= 0.6 is 0 Å². The van der Waals surface area contributed by atoms with Gasteiger partial charge in [-0.05, 0) is 31.7 Å². The van der Waals surface area contributed by atoms with Gasteiger partial charge in [-0.3, -0.25) is 9.69 Å². The van der Waals surface area contributed by atoms with Crippen LogP contribution in [0.15, 0.2) is 23.3 Å². The van der Waals surface area contributed by atoms with Crippen LogP contribution in [0.4, 0.5) is 0 Å². The van der Waals surface area contributed by atoms with E-state index < -0.39 is 0 Å². The Morgan fingerprint density at radius 3 is 2.87 bits per heavy atom. The van der Waals surface area contributed by atoms with Crippen molar-refractivity contribution in [2.75, 3.05) is 26.3 Å². The van der Waals surface area contributed by atoms with Crippen molar-refractivity contribution in [3.8, 4) is 0 Å². The van der Waals surface area contributed by atoms with Gasteiger partial charge in [0, 0.05) is 45.0 Å². The molecule has 3 aromatic rings. The van der Waals surface area contributed by atoms with Crippen molar-refractivity contribution >= 4 is 11.0 Å². The van der Waals surface area contributed by atoms with Crippen molar-refractivity contribution in [3.05, 3.63) is 46.2 Å². The maximum absolute atomic E-state index is 12.8. The number of nitrogens with one attached hydrogen (secondary N) is 1. The van der Waals surface area contributed by atoms with E-state index in [0.717, 1.165) is 63.0 Å². The number of nitrogens with zero attached hydrogens (tertiary/aromatic N) is 6. The number of ether oxygens (including phenoxy) is 1. The Labute approximate surface area is 174 Å². The summed E-state index contributed by atoms with van der Waals surface area (Å²) in [5.74, 6) is 2.10. The maximum Gasteiger partial charge on any atom is 0.262 e. The summed E-state index contributed by atoms with van der Waals surface area (Å²) in [7, 11) is 0. The van der Waals surface area contributed by atoms with E-state index >= 15 is 0 Å². The second kappa shape index (κ2) is 7.88. The van der Waals surface area contributed by atoms with Crippen LogP contribution in [0.2, 0.25) is 0 Å². The third-order valence-corrected chi connectivity index (χ3v) is 6.28. The monoisotopic (exact) mass is 409 g/mol. The van der Waals surface area contributed by atoms with Gasteiger partial charge in [-0.2, -0.15) is 5.10 Å². The predicted molar refractivity (Wildman–Crippen MR) is 111 cm³/mol. The number of aromatic amines is 1. The highest BCUT2D eigenvalue weighted by atomic mass is 16.5. The van der Waals surface area contributed by atoms with Crippen molar-refractivity contribution in [2.24, 2.45) is 5.92 Å². The van der Waals surface area contributed by atoms with E-state index in [4.69, 9.17) is 9.72 Å². The first kappa shape index (κ1) is 19.3. The fourth-order valence-electron chi connectivity index (χ4n) is 4.70. The lowest BCUT2D eigenvalue weighted by Gasteiger charge is -2.23. The first-order chi connectivity index (χ1) is 14.6. The minimum Gasteiger partial charge on any atom is -0.381 e. The Hall–Kier alpha value is -2.65. The van der Waals surface area contributed by atoms with Gasteiger partial charge in [0.25, 0.3) is 5.56 Å². The van der Waals surface area contributed by atoms with Crippen LogP contribution in [0.5, 0.6) is 0 Å². The van der Waals surface area contributed by atoms with Gasteiger partial charge in [0.1, 0.15) is 17.0 Å². The van der Waals surface area contributed by atoms with Crippen LogP contribution in [0, 0.1) is 12.8 Å². The quantitative estimate of drug-likeness (QED) is 0.701. The molecule has 0 unspecified atom stereocenters. The van der Waals surface area contributed by atoms with Crippen molar-refractivity contribution in [3.63, 3.8) is 0 Å². The molecule has 158 valence electrons. The Morgan fingerprint density at radius 2 is 2.07 bits per heavy atom. The molecule has 2 saturated heterocycles. The van der Waals surface area contributed by atoms with Gasteiger partial charge in [-0.25, -0.2) is 19.6 Å². The summed E-state index contributed by atoms with van der Waals surface area (Å²) >= 11 is 0. The second-order valence-electron chi connectivity index (χ2n) is 8.49. The highest BCUT2D eigenvalue weighted by molar-refractivity contribution is 5.73. The largest absolute Gasteiger partial charge is 0.381 e. The number of rotatable bonds is 4. The molecule has 0 saturated carbocycles. The van der Waals surface area contributed by atoms with Crippen molar-refractivity contribution in [1.82, 2.24) is 34.6 Å². The minimum atomic E-state index is -0.106. The van der Waals surface area contributed by atoms with Gasteiger partial charge in [-0.1, -0.05) is 6.92 Å². The molecule has 5 heterocycles. The van der Waals surface area contributed by atoms with E-state index in [9.17, 15) is 4.79 Å². The van der Waals surface area contributed by atoms with Crippen LogP contribution in [0.1, 0.15) is 49.1 Å². The Kier molecular flexibility index (Phi) is 5.08. The molecule has 1 N–H and O–H groups in total. The Morgan fingerprint density at radius 1 is 1.23 bits per heavy atom. The molecule has 3 aromatic heterocycles. The third kappa shape index (κ3) is 3.63. The third-order valence-electron chi connectivity index (χ3n) is 6.28. The van der Waals surface area contributed by atoms with Gasteiger partial charge < -0.3 is 9.72 Å². The SMILES string of the molecule is Cc1nccc(CN2C[C@@H](C)[C@H](c3nc4c(cnn4C4CCOCC4)c(=O)[nH]3)C2)n1. The van der Waals surface area contributed by atoms with E-state index in [1.54, 1.807) is 12.4 Å². The summed E-state index contributed by atoms with van der Waals surface area (Å²) in [6, 6.07) is 2.20. The van der Waals surface area contributed by atoms with Crippen LogP contribution in [-0.2, 0) is 11.3 Å². The molecule has 2 fully saturated rings. The number of hydrogen-bond acceptors (Lipinski definition) is 7. The second-order valence-corrected chi connectivity index (χ2v) is 8.49. The molecule has 0 radical (unpaired) electrons. The summed E-state index contributed by atoms with van der Waals surface area (Å²) in [5, 5.41) is 5.06. The number of H-pyrrole nitrogens is 1. The highest BCUT2D eigenvalue weighted by Gasteiger charge is 2.33. The Bertz CT molecular complexity index is 1100. The number of aryl methyl sites for hydroxylation is 1. The standard InChI is InChI=1S/C21H27N7O2/c1-13-10-27(11-15-3-6-22-14(2)24-15)12-18(13)19-25-20-17(21(29)26-19)9-23-28(20)16-4-7-30-8-5-16/h3,6,9,13,16,18H,4-5,7-8,10-12H2,1-2H3,(H,25,26,29)/t13-,18-/m1/s1. The van der Waals surface area contributed by atoms with Gasteiger partial charge in [0.15, 0.2) is 5.65 Å². The highest BCUT2D eigenvalue weighted by Crippen LogP contribution is 2.32. The molecule has 0 spiro atoms. The first-order valence-corrected chi connectivity index (χ1v) is 10.6. The molecule has 9 heteroatoms. The van der Waals surface area contributed by atoms with Crippen molar-refractivity contribution < 1.29 is 4.74 Å². The summed E-state index contributed by atoms with van der Waals surface area (Å²) in [5.41, 5.74) is 1.60. The molecule has 30 heavy (non-hydrogen) atoms. The van der Waals surface area contributed by atoms with E-state index in [1.165, 1.54) is 0 Å². The maximum atomic E-state index is 12.8. The molecular formula is C21H27N7O2. The molecule has 0 aromatic carbocycles. The van der Waals surface area contributed by atoms with Crippen LogP contribution in [0.3, 0.4) is 0 Å². The van der Waals surface area contributed by atoms with E-state index in [1.807, 2.05) is 17.7 Å². The molecule has 2 aliphatic rings. The van der Waals surface area contributed by atoms with Crippen molar-refractivity contribution in [2.45, 2.75) is 45.2 Å². The van der Waals surface area contributed by atoms with E-state index in [-0.39, 0.29) is 17.5 Å². The van der Waals surface area contributed by atoms with Crippen LogP contribution in [0.25, 0.3) is 11.0 Å². The zero-order chi connectivity index (χ0) is 20.7. The molecule has 0 aliphatic carbocycles. The average Bonchev–Trinajstić information content (AvgIpc) is 3.32. The number of aromatic nitrogens is 6. The molecular weight excluding hydrogens is 382 g/mol. The van der Waals surface area contributed by atoms with E-state index in [0.29, 0.717) is 17.0 Å². The van der Waals surface area contributed by atoms with E-state index in [2.05, 4.69) is 31.9 Å². The summed E-state index contributed by atoms with van der Waals surface area (Å²) in [6.45, 7) is 8.12. The summed E-state index contributed by atoms with van der Waals surface area (Å²) in [6.07, 6.45) is 5.24. The lowest BCUT2D eigenvalue weighted by atomic mass is 9.97. The van der Waals surface area contributed by atoms with Gasteiger partial charge in [0.05, 0.1) is 17.9 Å². The lowest BCUT2D eigenvalue weighted by molar-refractivity contribution is 0.0673.